The summed E-state index contributed by atoms with van der Waals surface area (Å²) in [5, 5.41) is 3.23. The number of carbonyl (C=O) groups is 1. The molecule has 2 aromatic rings. The van der Waals surface area contributed by atoms with E-state index >= 15 is 0 Å². The number of imidazole rings is 1. The number of rotatable bonds is 4. The molecule has 2 atom stereocenters. The van der Waals surface area contributed by atoms with E-state index in [2.05, 4.69) is 10.3 Å². The monoisotopic (exact) mass is 388 g/mol. The first-order chi connectivity index (χ1) is 13.4. The van der Waals surface area contributed by atoms with Gasteiger partial charge in [-0.15, -0.1) is 0 Å². The van der Waals surface area contributed by atoms with Gasteiger partial charge in [0.2, 0.25) is 5.91 Å². The average molecular weight is 388 g/mol. The number of hydrogen-bond acceptors (Lipinski definition) is 5. The van der Waals surface area contributed by atoms with Crippen molar-refractivity contribution in [3.63, 3.8) is 0 Å². The van der Waals surface area contributed by atoms with E-state index < -0.39 is 11.2 Å². The lowest BCUT2D eigenvalue weighted by molar-refractivity contribution is -0.123. The number of amides is 1. The van der Waals surface area contributed by atoms with Crippen molar-refractivity contribution in [2.75, 3.05) is 0 Å². The van der Waals surface area contributed by atoms with Crippen LogP contribution in [-0.2, 0) is 25.4 Å². The van der Waals surface area contributed by atoms with Crippen LogP contribution < -0.4 is 22.3 Å². The van der Waals surface area contributed by atoms with E-state index in [-0.39, 0.29) is 24.4 Å². The molecule has 2 bridgehead atoms. The molecule has 0 radical (unpaired) electrons. The molecule has 0 spiro atoms. The zero-order valence-electron chi connectivity index (χ0n) is 16.4. The number of nitrogens with one attached hydrogen (secondary N) is 1. The molecule has 2 aliphatic carbocycles. The summed E-state index contributed by atoms with van der Waals surface area (Å²) >= 11 is 0. The van der Waals surface area contributed by atoms with Gasteiger partial charge in [0.25, 0.3) is 5.56 Å². The summed E-state index contributed by atoms with van der Waals surface area (Å²) in [5.74, 6) is 0.936. The summed E-state index contributed by atoms with van der Waals surface area (Å²) in [5.41, 5.74) is 6.04. The molecule has 2 saturated carbocycles. The van der Waals surface area contributed by atoms with E-state index in [1.165, 1.54) is 24.4 Å². The predicted octanol–water partition coefficient (Wildman–Crippen LogP) is -0.154. The fraction of sp³-hybridized carbons (Fsp3) is 0.684. The molecule has 28 heavy (non-hydrogen) atoms. The summed E-state index contributed by atoms with van der Waals surface area (Å²) in [6.07, 6.45) is 7.23. The number of aryl methyl sites for hydroxylation is 2. The van der Waals surface area contributed by atoms with Crippen LogP contribution in [0.3, 0.4) is 0 Å². The van der Waals surface area contributed by atoms with E-state index in [9.17, 15) is 14.4 Å². The van der Waals surface area contributed by atoms with Gasteiger partial charge in [0, 0.05) is 39.1 Å². The molecular formula is C19H28N6O3. The Hall–Kier alpha value is -2.42. The Bertz CT molecular complexity index is 1010. The molecule has 0 aliphatic heterocycles. The minimum Gasteiger partial charge on any atom is -0.353 e. The topological polar surface area (TPSA) is 117 Å². The molecule has 2 aromatic heterocycles. The van der Waals surface area contributed by atoms with Gasteiger partial charge in [-0.2, -0.15) is 0 Å². The Morgan fingerprint density at radius 2 is 1.89 bits per heavy atom. The number of aromatic nitrogens is 4. The smallest absolute Gasteiger partial charge is 0.332 e. The van der Waals surface area contributed by atoms with Crippen molar-refractivity contribution in [1.29, 1.82) is 0 Å². The Kier molecular flexibility index (Phi) is 4.86. The van der Waals surface area contributed by atoms with Gasteiger partial charge in [0.15, 0.2) is 11.2 Å². The maximum absolute atomic E-state index is 12.6. The lowest BCUT2D eigenvalue weighted by Crippen LogP contribution is -2.53. The van der Waals surface area contributed by atoms with Crippen LogP contribution in [0, 0.1) is 11.8 Å². The van der Waals surface area contributed by atoms with Crippen molar-refractivity contribution in [3.05, 3.63) is 27.2 Å². The summed E-state index contributed by atoms with van der Waals surface area (Å²) < 4.78 is 4.07. The third-order valence-corrected chi connectivity index (χ3v) is 6.50. The maximum atomic E-state index is 12.6. The maximum Gasteiger partial charge on any atom is 0.332 e. The van der Waals surface area contributed by atoms with Crippen molar-refractivity contribution >= 4 is 17.1 Å². The van der Waals surface area contributed by atoms with Gasteiger partial charge in [-0.1, -0.05) is 6.42 Å². The molecule has 0 aromatic carbocycles. The van der Waals surface area contributed by atoms with E-state index in [1.54, 1.807) is 11.6 Å². The fourth-order valence-corrected chi connectivity index (χ4v) is 5.07. The second-order valence-electron chi connectivity index (χ2n) is 8.34. The molecular weight excluding hydrogens is 360 g/mol. The molecule has 2 unspecified atom stereocenters. The molecule has 2 fully saturated rings. The first-order valence-corrected chi connectivity index (χ1v) is 10.0. The minimum absolute atomic E-state index is 0.0131. The van der Waals surface area contributed by atoms with Crippen LogP contribution >= 0.6 is 0 Å². The Balaban J connectivity index is 1.47. The Morgan fingerprint density at radius 1 is 1.21 bits per heavy atom. The van der Waals surface area contributed by atoms with Crippen LogP contribution in [0.1, 0.15) is 38.5 Å². The molecule has 2 heterocycles. The highest BCUT2D eigenvalue weighted by molar-refractivity contribution is 5.77. The highest BCUT2D eigenvalue weighted by Gasteiger charge is 2.39. The van der Waals surface area contributed by atoms with Crippen molar-refractivity contribution in [2.45, 2.75) is 57.2 Å². The average Bonchev–Trinajstić information content (AvgIpc) is 3.08. The summed E-state index contributed by atoms with van der Waals surface area (Å²) in [4.78, 5) is 41.3. The van der Waals surface area contributed by atoms with Crippen LogP contribution in [0.2, 0.25) is 0 Å². The van der Waals surface area contributed by atoms with Crippen LogP contribution in [0.15, 0.2) is 15.9 Å². The number of hydrogen-bond donors (Lipinski definition) is 2. The van der Waals surface area contributed by atoms with Crippen LogP contribution in [0.4, 0.5) is 0 Å². The van der Waals surface area contributed by atoms with Gasteiger partial charge < -0.3 is 15.6 Å². The van der Waals surface area contributed by atoms with Crippen LogP contribution in [-0.4, -0.2) is 36.7 Å². The molecule has 1 amide bonds. The molecule has 152 valence electrons. The third kappa shape index (κ3) is 3.17. The van der Waals surface area contributed by atoms with E-state index in [0.717, 1.165) is 30.3 Å². The molecule has 0 saturated heterocycles. The van der Waals surface area contributed by atoms with Gasteiger partial charge in [0.05, 0.1) is 6.33 Å². The lowest BCUT2D eigenvalue weighted by atomic mass is 9.67. The number of carbonyl (C=O) groups excluding carboxylic acids is 1. The highest BCUT2D eigenvalue weighted by Crippen LogP contribution is 2.39. The van der Waals surface area contributed by atoms with E-state index in [4.69, 9.17) is 5.73 Å². The molecule has 2 aliphatic rings. The number of nitrogens with zero attached hydrogens (tertiary/aromatic N) is 4. The zero-order chi connectivity index (χ0) is 20.0. The van der Waals surface area contributed by atoms with Crippen molar-refractivity contribution in [1.82, 2.24) is 24.0 Å². The van der Waals surface area contributed by atoms with Crippen molar-refractivity contribution in [2.24, 2.45) is 31.7 Å². The van der Waals surface area contributed by atoms with Crippen molar-refractivity contribution < 1.29 is 4.79 Å². The predicted molar refractivity (Wildman–Crippen MR) is 105 cm³/mol. The second-order valence-corrected chi connectivity index (χ2v) is 8.34. The Morgan fingerprint density at radius 3 is 2.57 bits per heavy atom. The number of fused-ring (bicyclic) bond motifs is 3. The van der Waals surface area contributed by atoms with Gasteiger partial charge in [0.1, 0.15) is 0 Å². The van der Waals surface area contributed by atoms with Gasteiger partial charge in [-0.25, -0.2) is 9.78 Å². The summed E-state index contributed by atoms with van der Waals surface area (Å²) in [6, 6.07) is 0.470. The first-order valence-electron chi connectivity index (χ1n) is 10.0. The first kappa shape index (κ1) is 18.9. The summed E-state index contributed by atoms with van der Waals surface area (Å²) in [6.45, 7) is 0.345. The minimum atomic E-state index is -0.414. The molecule has 3 N–H and O–H groups in total. The van der Waals surface area contributed by atoms with Crippen LogP contribution in [0.5, 0.6) is 0 Å². The number of nitrogens with two attached hydrogens (primary N) is 1. The second kappa shape index (κ2) is 7.20. The molecule has 4 rings (SSSR count). The molecule has 9 nitrogen and oxygen atoms in total. The SMILES string of the molecule is Cn1c(=O)c2c(ncn2CCC(=O)NC2C3CCCC2CC(N)C3)n(C)c1=O. The standard InChI is InChI=1S/C19H28N6O3/c1-23-17-16(18(27)24(2)19(23)28)25(10-21-17)7-6-14(26)22-15-11-4-3-5-12(15)9-13(20)8-11/h10-13,15H,3-9,20H2,1-2H3,(H,22,26). The highest BCUT2D eigenvalue weighted by atomic mass is 16.2. The van der Waals surface area contributed by atoms with Gasteiger partial charge >= 0.3 is 5.69 Å². The zero-order valence-corrected chi connectivity index (χ0v) is 16.4. The van der Waals surface area contributed by atoms with Gasteiger partial charge in [-0.3, -0.25) is 18.7 Å². The lowest BCUT2D eigenvalue weighted by Gasteiger charge is -2.45. The summed E-state index contributed by atoms with van der Waals surface area (Å²) in [7, 11) is 3.03. The quantitative estimate of drug-likeness (QED) is 0.755. The molecule has 9 heteroatoms. The van der Waals surface area contributed by atoms with E-state index in [0.29, 0.717) is 29.5 Å². The van der Waals surface area contributed by atoms with Crippen LogP contribution in [0.25, 0.3) is 11.2 Å². The fourth-order valence-electron chi connectivity index (χ4n) is 5.07. The van der Waals surface area contributed by atoms with E-state index in [1.807, 2.05) is 0 Å². The van der Waals surface area contributed by atoms with Crippen molar-refractivity contribution in [3.8, 4) is 0 Å². The van der Waals surface area contributed by atoms with Gasteiger partial charge in [-0.05, 0) is 37.5 Å². The largest absolute Gasteiger partial charge is 0.353 e. The Labute approximate surface area is 162 Å². The third-order valence-electron chi connectivity index (χ3n) is 6.50. The normalized spacial score (nSPS) is 27.1.